The summed E-state index contributed by atoms with van der Waals surface area (Å²) in [6, 6.07) is 22.4. The fourth-order valence-electron chi connectivity index (χ4n) is 4.20. The first-order valence-corrected chi connectivity index (χ1v) is 13.5. The number of nitrogens with zero attached hydrogens (tertiary/aromatic N) is 3. The number of nitrogens with one attached hydrogen (secondary N) is 1. The second-order valence-electron chi connectivity index (χ2n) is 8.58. The molecule has 8 heteroatoms. The Morgan fingerprint density at radius 3 is 2.18 bits per heavy atom. The van der Waals surface area contributed by atoms with Gasteiger partial charge in [-0.15, -0.1) is 11.3 Å². The number of para-hydroxylation sites is 1. The van der Waals surface area contributed by atoms with E-state index in [-0.39, 0.29) is 6.04 Å². The Kier molecular flexibility index (Phi) is 7.38. The zero-order chi connectivity index (χ0) is 23.4. The van der Waals surface area contributed by atoms with E-state index < -0.39 is 10.0 Å². The Morgan fingerprint density at radius 1 is 0.939 bits per heavy atom. The highest BCUT2D eigenvalue weighted by Gasteiger charge is 2.27. The van der Waals surface area contributed by atoms with Crippen molar-refractivity contribution in [3.05, 3.63) is 77.2 Å². The molecule has 0 spiro atoms. The first-order valence-electron chi connectivity index (χ1n) is 11.2. The van der Waals surface area contributed by atoms with Crippen molar-refractivity contribution in [2.24, 2.45) is 0 Å². The predicted octanol–water partition coefficient (Wildman–Crippen LogP) is 3.96. The highest BCUT2D eigenvalue weighted by atomic mass is 32.2. The van der Waals surface area contributed by atoms with Gasteiger partial charge in [0.25, 0.3) is 0 Å². The summed E-state index contributed by atoms with van der Waals surface area (Å²) in [7, 11) is 0.507. The van der Waals surface area contributed by atoms with E-state index in [2.05, 4.69) is 68.0 Å². The van der Waals surface area contributed by atoms with E-state index in [1.807, 2.05) is 33.2 Å². The van der Waals surface area contributed by atoms with Crippen molar-refractivity contribution in [1.82, 2.24) is 9.62 Å². The Morgan fingerprint density at radius 2 is 1.61 bits per heavy atom. The van der Waals surface area contributed by atoms with Crippen molar-refractivity contribution in [3.8, 4) is 0 Å². The van der Waals surface area contributed by atoms with Gasteiger partial charge < -0.3 is 9.80 Å². The van der Waals surface area contributed by atoms with Crippen LogP contribution in [0.2, 0.25) is 0 Å². The van der Waals surface area contributed by atoms with Gasteiger partial charge in [0, 0.05) is 69.1 Å². The third-order valence-corrected chi connectivity index (χ3v) is 9.03. The van der Waals surface area contributed by atoms with Crippen LogP contribution in [0.3, 0.4) is 0 Å². The molecule has 1 aliphatic heterocycles. The van der Waals surface area contributed by atoms with Crippen LogP contribution in [0.5, 0.6) is 0 Å². The van der Waals surface area contributed by atoms with Gasteiger partial charge in [0.15, 0.2) is 0 Å². The van der Waals surface area contributed by atoms with Crippen LogP contribution in [-0.2, 0) is 10.0 Å². The summed E-state index contributed by atoms with van der Waals surface area (Å²) < 4.78 is 29.1. The molecule has 1 atom stereocenters. The van der Waals surface area contributed by atoms with Crippen LogP contribution >= 0.6 is 11.3 Å². The average Bonchev–Trinajstić information content (AvgIpc) is 3.28. The van der Waals surface area contributed by atoms with Crippen molar-refractivity contribution in [2.45, 2.75) is 17.2 Å². The normalized spacial score (nSPS) is 16.0. The summed E-state index contributed by atoms with van der Waals surface area (Å²) in [4.78, 5) is 7.84. The van der Waals surface area contributed by atoms with Crippen molar-refractivity contribution >= 4 is 32.7 Å². The minimum atomic E-state index is -3.53. The number of aryl methyl sites for hydroxylation is 1. The van der Waals surface area contributed by atoms with E-state index in [1.54, 1.807) is 6.07 Å². The highest BCUT2D eigenvalue weighted by molar-refractivity contribution is 7.91. The Bertz CT molecular complexity index is 1140. The van der Waals surface area contributed by atoms with E-state index in [0.717, 1.165) is 42.3 Å². The van der Waals surface area contributed by atoms with E-state index in [1.165, 1.54) is 17.0 Å². The molecule has 0 radical (unpaired) electrons. The van der Waals surface area contributed by atoms with Gasteiger partial charge in [-0.2, -0.15) is 0 Å². The van der Waals surface area contributed by atoms with Gasteiger partial charge in [0.1, 0.15) is 4.21 Å². The molecule has 176 valence electrons. The number of thiophene rings is 1. The molecule has 33 heavy (non-hydrogen) atoms. The summed E-state index contributed by atoms with van der Waals surface area (Å²) in [5.41, 5.74) is 3.48. The molecule has 2 aromatic carbocycles. The molecule has 2 heterocycles. The Balaban J connectivity index is 1.51. The van der Waals surface area contributed by atoms with Gasteiger partial charge in [-0.1, -0.05) is 30.3 Å². The monoisotopic (exact) mass is 484 g/mol. The van der Waals surface area contributed by atoms with Crippen LogP contribution in [0.15, 0.2) is 70.9 Å². The molecular weight excluding hydrogens is 452 g/mol. The molecule has 0 amide bonds. The Labute approximate surface area is 201 Å². The minimum absolute atomic E-state index is 0.0324. The Hall–Kier alpha value is -2.39. The number of hydrogen-bond acceptors (Lipinski definition) is 6. The van der Waals surface area contributed by atoms with Crippen LogP contribution in [0.1, 0.15) is 16.5 Å². The molecule has 3 aromatic rings. The summed E-state index contributed by atoms with van der Waals surface area (Å²) in [6.07, 6.45) is 0. The maximum absolute atomic E-state index is 12.9. The predicted molar refractivity (Wildman–Crippen MR) is 138 cm³/mol. The molecule has 1 N–H and O–H groups in total. The maximum atomic E-state index is 12.9. The fourth-order valence-corrected chi connectivity index (χ4v) is 6.57. The number of piperazine rings is 1. The van der Waals surface area contributed by atoms with Gasteiger partial charge in [-0.3, -0.25) is 4.90 Å². The van der Waals surface area contributed by atoms with Crippen LogP contribution in [0.25, 0.3) is 0 Å². The van der Waals surface area contributed by atoms with Gasteiger partial charge >= 0.3 is 0 Å². The molecule has 6 nitrogen and oxygen atoms in total. The van der Waals surface area contributed by atoms with Crippen molar-refractivity contribution in [3.63, 3.8) is 0 Å². The smallest absolute Gasteiger partial charge is 0.250 e. The third kappa shape index (κ3) is 5.76. The second kappa shape index (κ2) is 10.3. The number of sulfonamides is 1. The fraction of sp³-hybridized carbons (Fsp3) is 0.360. The van der Waals surface area contributed by atoms with Gasteiger partial charge in [-0.05, 0) is 48.9 Å². The highest BCUT2D eigenvalue weighted by Crippen LogP contribution is 2.27. The lowest BCUT2D eigenvalue weighted by atomic mass is 10.0. The largest absolute Gasteiger partial charge is 0.378 e. The van der Waals surface area contributed by atoms with E-state index in [0.29, 0.717) is 10.8 Å². The third-order valence-electron chi connectivity index (χ3n) is 6.12. The summed E-state index contributed by atoms with van der Waals surface area (Å²) in [6.45, 7) is 5.82. The maximum Gasteiger partial charge on any atom is 0.250 e. The molecule has 0 aliphatic carbocycles. The van der Waals surface area contributed by atoms with Gasteiger partial charge in [0.05, 0.1) is 0 Å². The molecule has 1 aromatic heterocycles. The lowest BCUT2D eigenvalue weighted by Gasteiger charge is -2.40. The molecule has 0 bridgehead atoms. The number of benzene rings is 2. The minimum Gasteiger partial charge on any atom is -0.378 e. The first kappa shape index (κ1) is 23.8. The quantitative estimate of drug-likeness (QED) is 0.524. The lowest BCUT2D eigenvalue weighted by molar-refractivity contribution is 0.187. The van der Waals surface area contributed by atoms with Gasteiger partial charge in [-0.25, -0.2) is 13.1 Å². The molecule has 1 aliphatic rings. The van der Waals surface area contributed by atoms with Crippen molar-refractivity contribution in [1.29, 1.82) is 0 Å². The SMILES string of the molecule is Cc1ccc(S(=O)(=O)NC[C@H](c2ccc(N(C)C)cc2)N2CCN(c3ccccc3)CC2)s1. The molecule has 0 saturated carbocycles. The zero-order valence-electron chi connectivity index (χ0n) is 19.4. The van der Waals surface area contributed by atoms with Crippen LogP contribution in [0, 0.1) is 6.92 Å². The number of anilines is 2. The molecule has 1 fully saturated rings. The van der Waals surface area contributed by atoms with E-state index in [9.17, 15) is 8.42 Å². The van der Waals surface area contributed by atoms with Gasteiger partial charge in [0.2, 0.25) is 10.0 Å². The molecular formula is C25H32N4O2S2. The second-order valence-corrected chi connectivity index (χ2v) is 11.9. The standard InChI is InChI=1S/C25H32N4O2S2/c1-20-9-14-25(32-20)33(30,31)26-19-24(21-10-12-22(13-11-21)27(2)3)29-17-15-28(16-18-29)23-7-5-4-6-8-23/h4-14,24,26H,15-19H2,1-3H3/t24-/m1/s1. The van der Waals surface area contributed by atoms with E-state index in [4.69, 9.17) is 0 Å². The van der Waals surface area contributed by atoms with Crippen molar-refractivity contribution in [2.75, 3.05) is 56.6 Å². The lowest BCUT2D eigenvalue weighted by Crippen LogP contribution is -2.49. The molecule has 1 saturated heterocycles. The molecule has 4 rings (SSSR count). The first-order chi connectivity index (χ1) is 15.8. The summed E-state index contributed by atoms with van der Waals surface area (Å²) in [5.74, 6) is 0. The number of hydrogen-bond donors (Lipinski definition) is 1. The van der Waals surface area contributed by atoms with Crippen LogP contribution in [0.4, 0.5) is 11.4 Å². The summed E-state index contributed by atoms with van der Waals surface area (Å²) >= 11 is 1.30. The number of rotatable bonds is 8. The van der Waals surface area contributed by atoms with Crippen molar-refractivity contribution < 1.29 is 8.42 Å². The topological polar surface area (TPSA) is 55.9 Å². The van der Waals surface area contributed by atoms with Crippen LogP contribution in [-0.4, -0.2) is 60.1 Å². The average molecular weight is 485 g/mol. The molecule has 0 unspecified atom stereocenters. The summed E-state index contributed by atoms with van der Waals surface area (Å²) in [5, 5.41) is 0. The van der Waals surface area contributed by atoms with E-state index >= 15 is 0 Å². The van der Waals surface area contributed by atoms with Crippen LogP contribution < -0.4 is 14.5 Å². The zero-order valence-corrected chi connectivity index (χ0v) is 21.1.